The molecule has 0 heterocycles. The molecular formula is C42H100N4O16S4. The van der Waals surface area contributed by atoms with Gasteiger partial charge in [-0.2, -0.15) is 25.3 Å². The zero-order valence-corrected chi connectivity index (χ0v) is 42.1. The monoisotopic (exact) mass is 1040 g/mol. The zero-order valence-electron chi connectivity index (χ0n) is 38.7. The molecule has 0 unspecified atom stereocenters. The summed E-state index contributed by atoms with van der Waals surface area (Å²) >= 11 is 9.25. The molecule has 0 saturated carbocycles. The summed E-state index contributed by atoms with van der Waals surface area (Å²) in [6.07, 6.45) is 6.65. The van der Waals surface area contributed by atoms with Crippen LogP contribution < -0.4 is 22.1 Å². The Morgan fingerprint density at radius 2 is 0.576 bits per heavy atom. The first-order valence-electron chi connectivity index (χ1n) is 16.6. The van der Waals surface area contributed by atoms with Crippen molar-refractivity contribution in [3.8, 4) is 0 Å². The first-order valence-corrected chi connectivity index (χ1v) is 20.8. The van der Waals surface area contributed by atoms with E-state index in [0.717, 1.165) is 37.7 Å². The maximum Gasteiger partial charge on any atom is 0.316 e. The Kier molecular flexibility index (Phi) is 206. The molecule has 0 spiro atoms. The molecule has 2 amide bonds. The van der Waals surface area contributed by atoms with E-state index in [1.807, 2.05) is 0 Å². The Morgan fingerprint density at radius 1 is 0.409 bits per heavy atom. The molecule has 0 aromatic carbocycles. The van der Waals surface area contributed by atoms with Gasteiger partial charge in [0.2, 0.25) is 11.8 Å². The highest BCUT2D eigenvalue weighted by Crippen LogP contribution is 2.05. The highest BCUT2D eigenvalue weighted by atomic mass is 32.2. The van der Waals surface area contributed by atoms with Crippen LogP contribution in [0.4, 0.5) is 0 Å². The molecule has 20 nitrogen and oxygen atoms in total. The number of esters is 2. The van der Waals surface area contributed by atoms with Crippen LogP contribution in [0, 0.1) is 0 Å². The number of ketones is 6. The molecule has 0 aliphatic heterocycles. The minimum atomic E-state index is -0.582. The summed E-state index contributed by atoms with van der Waals surface area (Å²) in [7, 11) is 10.4. The number of ether oxygens (including phenoxy) is 2. The number of thioether (sulfide) groups is 2. The second-order valence-electron chi connectivity index (χ2n) is 8.92. The largest absolute Gasteiger partial charge is 0.469 e. The van der Waals surface area contributed by atoms with E-state index in [2.05, 4.69) is 56.8 Å². The first-order chi connectivity index (χ1) is 28.0. The molecule has 0 radical (unpaired) electrons. The third-order valence-electron chi connectivity index (χ3n) is 3.86. The van der Waals surface area contributed by atoms with Gasteiger partial charge < -0.3 is 41.8 Å². The lowest BCUT2D eigenvalue weighted by Gasteiger charge is -1.96. The summed E-state index contributed by atoms with van der Waals surface area (Å²) < 4.78 is 8.37. The molecule has 66 heavy (non-hydrogen) atoms. The topological polar surface area (TPSA) is 340 Å². The summed E-state index contributed by atoms with van der Waals surface area (Å²) in [6, 6.07) is 0. The molecule has 408 valence electrons. The van der Waals surface area contributed by atoms with Gasteiger partial charge in [0.05, 0.1) is 39.9 Å². The molecule has 8 N–H and O–H groups in total. The fraction of sp³-hybridized carbons (Fsp3) is 0.714. The van der Waals surface area contributed by atoms with E-state index in [-0.39, 0.29) is 140 Å². The van der Waals surface area contributed by atoms with Crippen LogP contribution in [-0.2, 0) is 67.0 Å². The summed E-state index contributed by atoms with van der Waals surface area (Å²) in [4.78, 5) is 123. The predicted octanol–water partition coefficient (Wildman–Crippen LogP) is 4.69. The number of nitrogens with one attached hydrogen (secondary N) is 2. The van der Waals surface area contributed by atoms with Gasteiger partial charge in [-0.25, -0.2) is 0 Å². The standard InChI is InChI=1S/C5H10N2O2.C5H8O4.C5H8O2S2.3C5H8O2.2CH5N.2CH4O.2CH4S.6CH4/c1-6-4(8)3-5(9)7-2;2*1-8-4(6)3-5(7)9-2;3*1-4(6)3-5(2)7;6*1-2;;;;;;/h3H2,1-2H3,(H,6,8)(H,7,9);2*3H2,1-2H3;3*3H2,1-2H3;2*2H2,1H3;4*2H,1H3;6*1H4. The number of nitrogens with two attached hydrogens (primary N) is 2. The fourth-order valence-electron chi connectivity index (χ4n) is 1.90. The molecule has 0 bridgehead atoms. The van der Waals surface area contributed by atoms with E-state index in [1.54, 1.807) is 25.0 Å². The Morgan fingerprint density at radius 3 is 0.667 bits per heavy atom. The molecule has 24 heteroatoms. The number of carbonyl (C=O) groups excluding carboxylic acids is 12. The number of aliphatic hydroxyl groups excluding tert-OH is 2. The van der Waals surface area contributed by atoms with Crippen LogP contribution >= 0.6 is 48.8 Å². The third-order valence-corrected chi connectivity index (χ3v) is 5.06. The number of rotatable bonds is 12. The SMILES string of the molecule is C.C.C.C.C.C.CC(=O)CC(C)=O.CC(=O)CC(C)=O.CC(=O)CC(C)=O.CN.CN.CNC(=O)CC(=O)NC.CO.CO.COC(=O)CC(=O)OC.CS.CS.CSC(=O)CC(=O)SC. The summed E-state index contributed by atoms with van der Waals surface area (Å²) in [5, 5.41) is 18.5. The Balaban J connectivity index is -0.0000000246. The van der Waals surface area contributed by atoms with Gasteiger partial charge in [0.1, 0.15) is 47.5 Å². The third kappa shape index (κ3) is 203. The summed E-state index contributed by atoms with van der Waals surface area (Å²) in [5.41, 5.74) is 9.00. The van der Waals surface area contributed by atoms with Gasteiger partial charge in [-0.1, -0.05) is 68.1 Å². The van der Waals surface area contributed by atoms with Crippen LogP contribution in [0.3, 0.4) is 0 Å². The van der Waals surface area contributed by atoms with E-state index in [9.17, 15) is 57.5 Å². The molecule has 0 aromatic rings. The number of Topliss-reactive ketones (excluding diaryl/α,β-unsaturated/α-hetero) is 6. The van der Waals surface area contributed by atoms with Crippen LogP contribution in [-0.4, -0.2) is 161 Å². The first kappa shape index (κ1) is 119. The number of hydrogen-bond acceptors (Lipinski definition) is 22. The van der Waals surface area contributed by atoms with Gasteiger partial charge in [-0.15, -0.1) is 0 Å². The number of methoxy groups -OCH3 is 2. The summed E-state index contributed by atoms with van der Waals surface area (Å²) in [5.74, 6) is -2.08. The van der Waals surface area contributed by atoms with E-state index in [1.165, 1.54) is 84.0 Å². The number of hydrogen-bond donors (Lipinski definition) is 8. The lowest BCUT2D eigenvalue weighted by Crippen LogP contribution is -2.27. The molecule has 0 saturated heterocycles. The smallest absolute Gasteiger partial charge is 0.316 e. The van der Waals surface area contributed by atoms with Crippen molar-refractivity contribution in [2.24, 2.45) is 11.5 Å². The van der Waals surface area contributed by atoms with Crippen LogP contribution in [0.15, 0.2) is 0 Å². The van der Waals surface area contributed by atoms with Crippen LogP contribution in [0.5, 0.6) is 0 Å². The van der Waals surface area contributed by atoms with Crippen molar-refractivity contribution >= 4 is 117 Å². The maximum atomic E-state index is 10.5. The Hall–Kier alpha value is -3.52. The number of thiol groups is 2. The van der Waals surface area contributed by atoms with Crippen molar-refractivity contribution in [1.29, 1.82) is 0 Å². The summed E-state index contributed by atoms with van der Waals surface area (Å²) in [6.45, 7) is 8.42. The van der Waals surface area contributed by atoms with Gasteiger partial charge in [-0.3, -0.25) is 57.5 Å². The molecule has 0 atom stereocenters. The minimum Gasteiger partial charge on any atom is -0.469 e. The van der Waals surface area contributed by atoms with Crippen LogP contribution in [0.2, 0.25) is 0 Å². The molecule has 0 fully saturated rings. The van der Waals surface area contributed by atoms with Crippen molar-refractivity contribution in [1.82, 2.24) is 10.6 Å². The average molecular weight is 1050 g/mol. The van der Waals surface area contributed by atoms with Crippen LogP contribution in [0.25, 0.3) is 0 Å². The lowest BCUT2D eigenvalue weighted by molar-refractivity contribution is -0.151. The molecule has 0 rings (SSSR count). The second-order valence-corrected chi connectivity index (χ2v) is 10.7. The number of amides is 2. The Bertz CT molecular complexity index is 907. The highest BCUT2D eigenvalue weighted by molar-refractivity contribution is 8.15. The predicted molar refractivity (Wildman–Crippen MR) is 288 cm³/mol. The van der Waals surface area contributed by atoms with E-state index < -0.39 is 11.9 Å². The lowest BCUT2D eigenvalue weighted by atomic mass is 10.2. The number of aliphatic hydroxyl groups is 2. The van der Waals surface area contributed by atoms with Gasteiger partial charge in [0, 0.05) is 28.3 Å². The maximum absolute atomic E-state index is 10.5. The normalized spacial score (nSPS) is 6.67. The van der Waals surface area contributed by atoms with Crippen molar-refractivity contribution in [3.05, 3.63) is 0 Å². The highest BCUT2D eigenvalue weighted by Gasteiger charge is 2.07. The minimum absolute atomic E-state index is 0. The van der Waals surface area contributed by atoms with Gasteiger partial charge in [0.15, 0.2) is 10.2 Å². The number of carbonyl (C=O) groups is 12. The van der Waals surface area contributed by atoms with E-state index >= 15 is 0 Å². The molecule has 0 aliphatic carbocycles. The van der Waals surface area contributed by atoms with Crippen molar-refractivity contribution in [2.75, 3.05) is 81.7 Å². The van der Waals surface area contributed by atoms with Crippen molar-refractivity contribution in [2.45, 2.75) is 125 Å². The Labute approximate surface area is 421 Å². The second kappa shape index (κ2) is 114. The van der Waals surface area contributed by atoms with Crippen molar-refractivity contribution in [3.63, 3.8) is 0 Å². The zero-order chi connectivity index (χ0) is 51.4. The molecule has 0 aromatic heterocycles. The molecule has 0 aliphatic rings. The van der Waals surface area contributed by atoms with Gasteiger partial charge >= 0.3 is 11.9 Å². The van der Waals surface area contributed by atoms with E-state index in [0.29, 0.717) is 0 Å². The quantitative estimate of drug-likeness (QED) is 0.0747. The van der Waals surface area contributed by atoms with Gasteiger partial charge in [-0.05, 0) is 80.7 Å². The van der Waals surface area contributed by atoms with Crippen LogP contribution in [0.1, 0.15) is 125 Å². The van der Waals surface area contributed by atoms with E-state index in [4.69, 9.17) is 10.2 Å². The van der Waals surface area contributed by atoms with Crippen molar-refractivity contribution < 1.29 is 77.2 Å². The molecular weight excluding hydrogens is 945 g/mol. The van der Waals surface area contributed by atoms with Gasteiger partial charge in [0.25, 0.3) is 0 Å². The average Bonchev–Trinajstić information content (AvgIpc) is 3.21. The fourth-order valence-corrected chi connectivity index (χ4v) is 2.54.